The molecule has 0 atom stereocenters. The predicted molar refractivity (Wildman–Crippen MR) is 90.4 cm³/mol. The number of amides is 1. The molecule has 1 aliphatic heterocycles. The summed E-state index contributed by atoms with van der Waals surface area (Å²) in [6.07, 6.45) is 4.87. The molecule has 1 aliphatic rings. The SMILES string of the molecule is CC(=O)c1ccc(N2CCC(NC(=O)c3ccoc3C)CC2)nc1. The van der Waals surface area contributed by atoms with E-state index in [9.17, 15) is 9.59 Å². The number of nitrogens with one attached hydrogen (secondary N) is 1. The number of hydrogen-bond donors (Lipinski definition) is 1. The first-order valence-corrected chi connectivity index (χ1v) is 8.11. The fraction of sp³-hybridized carbons (Fsp3) is 0.389. The van der Waals surface area contributed by atoms with Gasteiger partial charge in [-0.1, -0.05) is 0 Å². The summed E-state index contributed by atoms with van der Waals surface area (Å²) in [7, 11) is 0. The van der Waals surface area contributed by atoms with Crippen LogP contribution in [-0.4, -0.2) is 35.8 Å². The second-order valence-electron chi connectivity index (χ2n) is 6.09. The van der Waals surface area contributed by atoms with E-state index >= 15 is 0 Å². The van der Waals surface area contributed by atoms with Gasteiger partial charge in [-0.15, -0.1) is 0 Å². The molecule has 0 spiro atoms. The molecule has 3 heterocycles. The maximum absolute atomic E-state index is 12.2. The molecule has 3 rings (SSSR count). The molecule has 0 unspecified atom stereocenters. The zero-order valence-electron chi connectivity index (χ0n) is 13.9. The Kier molecular flexibility index (Phi) is 4.64. The molecular formula is C18H21N3O3. The normalized spacial score (nSPS) is 15.3. The molecule has 24 heavy (non-hydrogen) atoms. The van der Waals surface area contributed by atoms with Crippen molar-refractivity contribution in [3.05, 3.63) is 47.5 Å². The first-order valence-electron chi connectivity index (χ1n) is 8.11. The highest BCUT2D eigenvalue weighted by atomic mass is 16.3. The van der Waals surface area contributed by atoms with E-state index in [1.165, 1.54) is 13.2 Å². The van der Waals surface area contributed by atoms with Gasteiger partial charge in [0.25, 0.3) is 5.91 Å². The van der Waals surface area contributed by atoms with Crippen molar-refractivity contribution in [2.45, 2.75) is 32.7 Å². The van der Waals surface area contributed by atoms with Crippen LogP contribution >= 0.6 is 0 Å². The van der Waals surface area contributed by atoms with Crippen molar-refractivity contribution in [1.82, 2.24) is 10.3 Å². The number of ketones is 1. The van der Waals surface area contributed by atoms with Gasteiger partial charge in [0.2, 0.25) is 0 Å². The van der Waals surface area contributed by atoms with Crippen LogP contribution in [0.3, 0.4) is 0 Å². The summed E-state index contributed by atoms with van der Waals surface area (Å²) in [5.41, 5.74) is 1.22. The third-order valence-corrected chi connectivity index (χ3v) is 4.41. The molecule has 1 saturated heterocycles. The van der Waals surface area contributed by atoms with Crippen molar-refractivity contribution < 1.29 is 14.0 Å². The lowest BCUT2D eigenvalue weighted by molar-refractivity contribution is 0.0929. The Morgan fingerprint density at radius 2 is 2.00 bits per heavy atom. The summed E-state index contributed by atoms with van der Waals surface area (Å²) >= 11 is 0. The number of anilines is 1. The molecule has 0 bridgehead atoms. The first-order chi connectivity index (χ1) is 11.5. The summed E-state index contributed by atoms with van der Waals surface area (Å²) in [6.45, 7) is 4.96. The summed E-state index contributed by atoms with van der Waals surface area (Å²) < 4.78 is 5.17. The van der Waals surface area contributed by atoms with Crippen LogP contribution in [0, 0.1) is 6.92 Å². The zero-order valence-corrected chi connectivity index (χ0v) is 13.9. The average molecular weight is 327 g/mol. The van der Waals surface area contributed by atoms with Crippen LogP contribution in [0.5, 0.6) is 0 Å². The van der Waals surface area contributed by atoms with E-state index in [0.29, 0.717) is 16.9 Å². The number of aryl methyl sites for hydroxylation is 1. The lowest BCUT2D eigenvalue weighted by Crippen LogP contribution is -2.45. The third-order valence-electron chi connectivity index (χ3n) is 4.41. The largest absolute Gasteiger partial charge is 0.469 e. The van der Waals surface area contributed by atoms with Crippen LogP contribution in [-0.2, 0) is 0 Å². The number of furan rings is 1. The molecule has 1 amide bonds. The molecule has 1 fully saturated rings. The highest BCUT2D eigenvalue weighted by molar-refractivity contribution is 5.95. The van der Waals surface area contributed by atoms with Crippen molar-refractivity contribution in [3.8, 4) is 0 Å². The number of rotatable bonds is 4. The second-order valence-corrected chi connectivity index (χ2v) is 6.09. The third kappa shape index (κ3) is 3.48. The Morgan fingerprint density at radius 1 is 1.25 bits per heavy atom. The van der Waals surface area contributed by atoms with E-state index in [4.69, 9.17) is 4.42 Å². The standard InChI is InChI=1S/C18H21N3O3/c1-12(22)14-3-4-17(19-11-14)21-8-5-15(6-9-21)20-18(23)16-7-10-24-13(16)2/h3-4,7,10-11,15H,5-6,8-9H2,1-2H3,(H,20,23). The molecule has 2 aromatic heterocycles. The molecular weight excluding hydrogens is 306 g/mol. The minimum absolute atomic E-state index is 0.0185. The Balaban J connectivity index is 1.55. The minimum atomic E-state index is -0.0800. The molecule has 0 aliphatic carbocycles. The van der Waals surface area contributed by atoms with Crippen molar-refractivity contribution in [2.24, 2.45) is 0 Å². The van der Waals surface area contributed by atoms with Gasteiger partial charge in [-0.05, 0) is 44.9 Å². The number of aromatic nitrogens is 1. The van der Waals surface area contributed by atoms with Gasteiger partial charge in [-0.3, -0.25) is 9.59 Å². The fourth-order valence-electron chi connectivity index (χ4n) is 2.92. The molecule has 0 aromatic carbocycles. The number of piperidine rings is 1. The Labute approximate surface area is 140 Å². The number of hydrogen-bond acceptors (Lipinski definition) is 5. The van der Waals surface area contributed by atoms with Gasteiger partial charge in [-0.25, -0.2) is 4.98 Å². The topological polar surface area (TPSA) is 75.4 Å². The van der Waals surface area contributed by atoms with E-state index < -0.39 is 0 Å². The second kappa shape index (κ2) is 6.86. The van der Waals surface area contributed by atoms with Crippen LogP contribution in [0.25, 0.3) is 0 Å². The number of nitrogens with zero attached hydrogens (tertiary/aromatic N) is 2. The van der Waals surface area contributed by atoms with Crippen molar-refractivity contribution >= 4 is 17.5 Å². The van der Waals surface area contributed by atoms with Gasteiger partial charge in [0, 0.05) is 30.9 Å². The Hall–Kier alpha value is -2.63. The van der Waals surface area contributed by atoms with Gasteiger partial charge in [-0.2, -0.15) is 0 Å². The van der Waals surface area contributed by atoms with E-state index in [-0.39, 0.29) is 17.7 Å². The number of carbonyl (C=O) groups is 2. The first kappa shape index (κ1) is 16.2. The van der Waals surface area contributed by atoms with Gasteiger partial charge in [0.15, 0.2) is 5.78 Å². The van der Waals surface area contributed by atoms with Crippen molar-refractivity contribution in [3.63, 3.8) is 0 Å². The van der Waals surface area contributed by atoms with E-state index in [0.717, 1.165) is 31.7 Å². The summed E-state index contributed by atoms with van der Waals surface area (Å²) in [5, 5.41) is 3.07. The van der Waals surface area contributed by atoms with E-state index in [1.807, 2.05) is 6.07 Å². The smallest absolute Gasteiger partial charge is 0.255 e. The zero-order chi connectivity index (χ0) is 17.1. The molecule has 2 aromatic rings. The number of Topliss-reactive ketones (excluding diaryl/α,β-unsaturated/α-hetero) is 1. The molecule has 0 saturated carbocycles. The lowest BCUT2D eigenvalue weighted by Gasteiger charge is -2.33. The van der Waals surface area contributed by atoms with Gasteiger partial charge < -0.3 is 14.6 Å². The van der Waals surface area contributed by atoms with Gasteiger partial charge in [0.05, 0.1) is 11.8 Å². The summed E-state index contributed by atoms with van der Waals surface area (Å²) in [5.74, 6) is 1.45. The fourth-order valence-corrected chi connectivity index (χ4v) is 2.92. The monoisotopic (exact) mass is 327 g/mol. The predicted octanol–water partition coefficient (Wildman–Crippen LogP) is 2.58. The van der Waals surface area contributed by atoms with Gasteiger partial charge in [0.1, 0.15) is 11.6 Å². The molecule has 1 N–H and O–H groups in total. The number of carbonyl (C=O) groups excluding carboxylic acids is 2. The lowest BCUT2D eigenvalue weighted by atomic mass is 10.0. The van der Waals surface area contributed by atoms with Gasteiger partial charge >= 0.3 is 0 Å². The molecule has 6 heteroatoms. The highest BCUT2D eigenvalue weighted by Gasteiger charge is 2.23. The van der Waals surface area contributed by atoms with E-state index in [2.05, 4.69) is 15.2 Å². The molecule has 6 nitrogen and oxygen atoms in total. The van der Waals surface area contributed by atoms with Crippen LogP contribution in [0.15, 0.2) is 35.1 Å². The Morgan fingerprint density at radius 3 is 2.54 bits per heavy atom. The summed E-state index contributed by atoms with van der Waals surface area (Å²) in [6, 6.07) is 5.53. The Bertz CT molecular complexity index is 728. The number of pyridine rings is 1. The maximum Gasteiger partial charge on any atom is 0.255 e. The van der Waals surface area contributed by atoms with Crippen molar-refractivity contribution in [1.29, 1.82) is 0 Å². The quantitative estimate of drug-likeness (QED) is 0.874. The maximum atomic E-state index is 12.2. The van der Waals surface area contributed by atoms with Crippen molar-refractivity contribution in [2.75, 3.05) is 18.0 Å². The van der Waals surface area contributed by atoms with Crippen LogP contribution in [0.4, 0.5) is 5.82 Å². The van der Waals surface area contributed by atoms with Crippen LogP contribution in [0.1, 0.15) is 46.2 Å². The minimum Gasteiger partial charge on any atom is -0.469 e. The van der Waals surface area contributed by atoms with Crippen LogP contribution < -0.4 is 10.2 Å². The molecule has 126 valence electrons. The highest BCUT2D eigenvalue weighted by Crippen LogP contribution is 2.19. The van der Waals surface area contributed by atoms with Crippen LogP contribution in [0.2, 0.25) is 0 Å². The average Bonchev–Trinajstić information content (AvgIpc) is 3.02. The molecule has 0 radical (unpaired) electrons. The van der Waals surface area contributed by atoms with E-state index in [1.54, 1.807) is 25.3 Å². The summed E-state index contributed by atoms with van der Waals surface area (Å²) in [4.78, 5) is 30.1.